The topological polar surface area (TPSA) is 109 Å². The number of hydrogen-bond donors (Lipinski definition) is 2. The van der Waals surface area contributed by atoms with Crippen molar-refractivity contribution in [1.82, 2.24) is 19.0 Å². The highest BCUT2D eigenvalue weighted by atomic mass is 127. The smallest absolute Gasteiger partial charge is 0.333 e. The van der Waals surface area contributed by atoms with Gasteiger partial charge in [0.2, 0.25) is 0 Å². The van der Waals surface area contributed by atoms with Gasteiger partial charge in [0.15, 0.2) is 0 Å². The molecule has 3 heterocycles. The van der Waals surface area contributed by atoms with E-state index in [0.29, 0.717) is 27.9 Å². The molecule has 0 radical (unpaired) electrons. The molecule has 9 nitrogen and oxygen atoms in total. The van der Waals surface area contributed by atoms with E-state index in [9.17, 15) is 23.6 Å². The number of halogens is 2. The molecule has 0 atom stereocenters. The molecule has 0 spiro atoms. The molecule has 0 bridgehead atoms. The second-order valence-electron chi connectivity index (χ2n) is 8.60. The number of H-pyrrole nitrogens is 1. The zero-order valence-corrected chi connectivity index (χ0v) is 21.6. The molecule has 2 N–H and O–H groups in total. The molecule has 184 valence electrons. The molecule has 1 amide bonds. The molecule has 2 aromatic heterocycles. The van der Waals surface area contributed by atoms with Gasteiger partial charge in [-0.1, -0.05) is 6.07 Å². The van der Waals surface area contributed by atoms with Crippen LogP contribution in [0.4, 0.5) is 15.9 Å². The van der Waals surface area contributed by atoms with Crippen LogP contribution in [0.5, 0.6) is 0 Å². The van der Waals surface area contributed by atoms with Crippen molar-refractivity contribution in [3.05, 3.63) is 94.2 Å². The lowest BCUT2D eigenvalue weighted by Gasteiger charge is -2.31. The van der Waals surface area contributed by atoms with Gasteiger partial charge < -0.3 is 10.2 Å². The zero-order valence-electron chi connectivity index (χ0n) is 19.4. The number of aromatic nitrogens is 3. The molecule has 5 rings (SSSR count). The molecule has 1 aliphatic heterocycles. The predicted molar refractivity (Wildman–Crippen MR) is 143 cm³/mol. The Bertz CT molecular complexity index is 1740. The first-order valence-corrected chi connectivity index (χ1v) is 12.3. The molecular weight excluding hydrogens is 580 g/mol. The van der Waals surface area contributed by atoms with Gasteiger partial charge in [0.1, 0.15) is 17.0 Å². The lowest BCUT2D eigenvalue weighted by atomic mass is 10.1. The Morgan fingerprint density at radius 3 is 2.53 bits per heavy atom. The van der Waals surface area contributed by atoms with E-state index in [4.69, 9.17) is 0 Å². The number of nitrogens with one attached hydrogen (secondary N) is 2. The standard InChI is InChI=1S/C25H21FIN5O4/c1-13-20-19(21(30(2)23(13)34)28-18-8-7-15(27)12-17(18)26)22(33)29-25(36)32(20)16-6-3-5-14(11-16)24(35)31-9-4-10-31/h3,5-8,11-12,28H,4,9-10H2,1-2H3,(H,29,33,36). The first-order valence-electron chi connectivity index (χ1n) is 11.2. The molecule has 2 aromatic carbocycles. The van der Waals surface area contributed by atoms with Gasteiger partial charge >= 0.3 is 5.69 Å². The van der Waals surface area contributed by atoms with Crippen molar-refractivity contribution in [2.45, 2.75) is 13.3 Å². The maximum absolute atomic E-state index is 14.6. The van der Waals surface area contributed by atoms with E-state index in [1.54, 1.807) is 35.2 Å². The Morgan fingerprint density at radius 1 is 1.11 bits per heavy atom. The van der Waals surface area contributed by atoms with E-state index in [0.717, 1.165) is 6.42 Å². The maximum Gasteiger partial charge on any atom is 0.333 e. The van der Waals surface area contributed by atoms with Crippen molar-refractivity contribution < 1.29 is 9.18 Å². The first kappa shape index (κ1) is 24.0. The number of nitrogens with zero attached hydrogens (tertiary/aromatic N) is 3. The third-order valence-electron chi connectivity index (χ3n) is 6.34. The number of amides is 1. The van der Waals surface area contributed by atoms with E-state index in [2.05, 4.69) is 10.3 Å². The molecule has 11 heteroatoms. The fraction of sp³-hybridized carbons (Fsp3) is 0.200. The van der Waals surface area contributed by atoms with Crippen LogP contribution in [-0.2, 0) is 7.05 Å². The van der Waals surface area contributed by atoms with Crippen LogP contribution >= 0.6 is 22.6 Å². The van der Waals surface area contributed by atoms with Crippen LogP contribution < -0.4 is 22.1 Å². The minimum absolute atomic E-state index is 0.00613. The second-order valence-corrected chi connectivity index (χ2v) is 9.85. The molecule has 1 fully saturated rings. The summed E-state index contributed by atoms with van der Waals surface area (Å²) in [6, 6.07) is 11.0. The molecule has 1 saturated heterocycles. The number of carbonyl (C=O) groups is 1. The second kappa shape index (κ2) is 9.04. The summed E-state index contributed by atoms with van der Waals surface area (Å²) in [5.41, 5.74) is -0.959. The Labute approximate surface area is 217 Å². The molecule has 1 aliphatic rings. The largest absolute Gasteiger partial charge is 0.339 e. The van der Waals surface area contributed by atoms with Gasteiger partial charge in [-0.25, -0.2) is 9.18 Å². The number of rotatable bonds is 4. The van der Waals surface area contributed by atoms with Crippen molar-refractivity contribution in [2.75, 3.05) is 18.4 Å². The van der Waals surface area contributed by atoms with Gasteiger partial charge in [-0.3, -0.25) is 28.5 Å². The van der Waals surface area contributed by atoms with Crippen LogP contribution in [0.15, 0.2) is 56.8 Å². The Balaban J connectivity index is 1.78. The van der Waals surface area contributed by atoms with Crippen LogP contribution in [0.1, 0.15) is 22.3 Å². The number of hydrogen-bond acceptors (Lipinski definition) is 5. The summed E-state index contributed by atoms with van der Waals surface area (Å²) in [5.74, 6) is -0.692. The predicted octanol–water partition coefficient (Wildman–Crippen LogP) is 3.02. The molecule has 36 heavy (non-hydrogen) atoms. The van der Waals surface area contributed by atoms with Crippen LogP contribution in [-0.4, -0.2) is 38.0 Å². The minimum Gasteiger partial charge on any atom is -0.339 e. The van der Waals surface area contributed by atoms with Crippen molar-refractivity contribution >= 4 is 50.9 Å². The van der Waals surface area contributed by atoms with E-state index < -0.39 is 22.6 Å². The van der Waals surface area contributed by atoms with Crippen LogP contribution in [0.3, 0.4) is 0 Å². The average Bonchev–Trinajstić information content (AvgIpc) is 2.80. The van der Waals surface area contributed by atoms with Crippen LogP contribution in [0.2, 0.25) is 0 Å². The van der Waals surface area contributed by atoms with Gasteiger partial charge in [0, 0.05) is 34.8 Å². The van der Waals surface area contributed by atoms with Gasteiger partial charge in [-0.05, 0) is 72.3 Å². The van der Waals surface area contributed by atoms with Crippen molar-refractivity contribution in [2.24, 2.45) is 7.05 Å². The van der Waals surface area contributed by atoms with Crippen LogP contribution in [0.25, 0.3) is 16.6 Å². The molecule has 0 aliphatic carbocycles. The van der Waals surface area contributed by atoms with E-state index in [1.807, 2.05) is 22.6 Å². The van der Waals surface area contributed by atoms with E-state index in [-0.39, 0.29) is 33.9 Å². The average molecular weight is 601 g/mol. The van der Waals surface area contributed by atoms with E-state index >= 15 is 0 Å². The summed E-state index contributed by atoms with van der Waals surface area (Å²) in [6.45, 7) is 2.86. The van der Waals surface area contributed by atoms with Crippen molar-refractivity contribution in [3.8, 4) is 5.69 Å². The fourth-order valence-electron chi connectivity index (χ4n) is 4.32. The maximum atomic E-state index is 14.6. The quantitative estimate of drug-likeness (QED) is 0.350. The monoisotopic (exact) mass is 601 g/mol. The number of benzene rings is 2. The highest BCUT2D eigenvalue weighted by molar-refractivity contribution is 14.1. The number of aryl methyl sites for hydroxylation is 1. The van der Waals surface area contributed by atoms with Crippen LogP contribution in [0, 0.1) is 16.3 Å². The highest BCUT2D eigenvalue weighted by Gasteiger charge is 2.24. The fourth-order valence-corrected chi connectivity index (χ4v) is 4.78. The third kappa shape index (κ3) is 3.92. The summed E-state index contributed by atoms with van der Waals surface area (Å²) < 4.78 is 17.7. The SMILES string of the molecule is Cc1c(=O)n(C)c(Nc2ccc(I)cc2F)c2c(=O)[nH]c(=O)n(-c3cccc(C(=O)N4CCC4)c3)c12. The number of fused-ring (bicyclic) bond motifs is 1. The Morgan fingerprint density at radius 2 is 1.86 bits per heavy atom. The molecule has 0 unspecified atom stereocenters. The summed E-state index contributed by atoms with van der Waals surface area (Å²) >= 11 is 1.98. The number of pyridine rings is 1. The summed E-state index contributed by atoms with van der Waals surface area (Å²) in [7, 11) is 1.46. The van der Waals surface area contributed by atoms with Gasteiger partial charge in [-0.2, -0.15) is 0 Å². The first-order chi connectivity index (χ1) is 17.2. The van der Waals surface area contributed by atoms with Gasteiger partial charge in [0.05, 0.1) is 16.9 Å². The molecular formula is C25H21FIN5O4. The number of carbonyl (C=O) groups excluding carboxylic acids is 1. The molecule has 4 aromatic rings. The van der Waals surface area contributed by atoms with Crippen molar-refractivity contribution in [3.63, 3.8) is 0 Å². The zero-order chi connectivity index (χ0) is 25.7. The van der Waals surface area contributed by atoms with Gasteiger partial charge in [0.25, 0.3) is 17.0 Å². The number of aromatic amines is 1. The molecule has 0 saturated carbocycles. The third-order valence-corrected chi connectivity index (χ3v) is 7.01. The lowest BCUT2D eigenvalue weighted by Crippen LogP contribution is -2.42. The Hall–Kier alpha value is -3.74. The normalized spacial score (nSPS) is 13.1. The van der Waals surface area contributed by atoms with Gasteiger partial charge in [-0.15, -0.1) is 0 Å². The van der Waals surface area contributed by atoms with Crippen molar-refractivity contribution in [1.29, 1.82) is 0 Å². The summed E-state index contributed by atoms with van der Waals surface area (Å²) in [5, 5.41) is 2.87. The summed E-state index contributed by atoms with van der Waals surface area (Å²) in [4.78, 5) is 56.1. The number of likely N-dealkylation sites (tertiary alicyclic amines) is 1. The number of anilines is 2. The van der Waals surface area contributed by atoms with E-state index in [1.165, 1.54) is 35.2 Å². The lowest BCUT2D eigenvalue weighted by molar-refractivity contribution is 0.0652. The highest BCUT2D eigenvalue weighted by Crippen LogP contribution is 2.27. The minimum atomic E-state index is -0.760. The Kier molecular flexibility index (Phi) is 6.02. The summed E-state index contributed by atoms with van der Waals surface area (Å²) in [6.07, 6.45) is 0.939.